The minimum atomic E-state index is 0.922. The van der Waals surface area contributed by atoms with Gasteiger partial charge in [0.15, 0.2) is 0 Å². The predicted octanol–water partition coefficient (Wildman–Crippen LogP) is 0.784. The number of aromatic nitrogens is 4. The van der Waals surface area contributed by atoms with Crippen molar-refractivity contribution in [2.75, 3.05) is 0 Å². The van der Waals surface area contributed by atoms with Crippen LogP contribution in [-0.4, -0.2) is 20.4 Å². The summed E-state index contributed by atoms with van der Waals surface area (Å²) in [5.41, 5.74) is 0. The van der Waals surface area contributed by atoms with E-state index in [-0.39, 0.29) is 0 Å². The second-order valence-corrected chi connectivity index (χ2v) is 3.79. The van der Waals surface area contributed by atoms with Crippen LogP contribution in [0.5, 0.6) is 0 Å². The van der Waals surface area contributed by atoms with E-state index in [0.29, 0.717) is 0 Å². The second kappa shape index (κ2) is 3.29. The van der Waals surface area contributed by atoms with Gasteiger partial charge in [-0.15, -0.1) is 9.24 Å². The zero-order valence-corrected chi connectivity index (χ0v) is 8.08. The molecule has 2 aromatic rings. The average molecular weight is 198 g/mol. The molecule has 62 valence electrons. The van der Waals surface area contributed by atoms with Crippen molar-refractivity contribution in [1.82, 2.24) is 20.4 Å². The highest BCUT2D eigenvalue weighted by Gasteiger charge is 2.04. The van der Waals surface area contributed by atoms with Gasteiger partial charge in [0.2, 0.25) is 0 Å². The van der Waals surface area contributed by atoms with Crippen LogP contribution in [0.4, 0.5) is 0 Å². The lowest BCUT2D eigenvalue weighted by atomic mass is 10.7. The highest BCUT2D eigenvalue weighted by atomic mass is 32.2. The Balaban J connectivity index is 2.20. The summed E-state index contributed by atoms with van der Waals surface area (Å²) in [4.78, 5) is 0. The third-order valence-electron chi connectivity index (χ3n) is 1.31. The number of nitrogens with one attached hydrogen (secondary N) is 2. The molecule has 0 radical (unpaired) electrons. The Kier molecular flexibility index (Phi) is 2.15. The van der Waals surface area contributed by atoms with Crippen molar-refractivity contribution in [3.63, 3.8) is 0 Å². The maximum atomic E-state index is 4.05. The summed E-state index contributed by atoms with van der Waals surface area (Å²) >= 11 is 1.52. The van der Waals surface area contributed by atoms with Gasteiger partial charge in [0, 0.05) is 17.7 Å². The Morgan fingerprint density at radius 3 is 2.83 bits per heavy atom. The zero-order valence-electron chi connectivity index (χ0n) is 6.11. The van der Waals surface area contributed by atoms with E-state index in [1.54, 1.807) is 6.20 Å². The van der Waals surface area contributed by atoms with Crippen molar-refractivity contribution in [2.45, 2.75) is 10.1 Å². The highest BCUT2D eigenvalue weighted by molar-refractivity contribution is 7.99. The topological polar surface area (TPSA) is 57.4 Å². The first-order chi connectivity index (χ1) is 5.86. The van der Waals surface area contributed by atoms with Gasteiger partial charge in [-0.25, -0.2) is 0 Å². The summed E-state index contributed by atoms with van der Waals surface area (Å²) in [5.74, 6) is 0. The van der Waals surface area contributed by atoms with Crippen LogP contribution in [0.2, 0.25) is 0 Å². The molecule has 0 aliphatic rings. The maximum Gasteiger partial charge on any atom is 0.131 e. The molecule has 12 heavy (non-hydrogen) atoms. The van der Waals surface area contributed by atoms with E-state index in [4.69, 9.17) is 0 Å². The summed E-state index contributed by atoms with van der Waals surface area (Å²) in [6, 6.07) is 1.91. The van der Waals surface area contributed by atoms with Crippen LogP contribution < -0.4 is 5.30 Å². The van der Waals surface area contributed by atoms with Crippen molar-refractivity contribution in [1.29, 1.82) is 0 Å². The van der Waals surface area contributed by atoms with E-state index >= 15 is 0 Å². The van der Waals surface area contributed by atoms with Crippen molar-refractivity contribution in [3.8, 4) is 0 Å². The Morgan fingerprint density at radius 2 is 2.25 bits per heavy atom. The molecule has 0 fully saturated rings. The first kappa shape index (κ1) is 7.83. The first-order valence-electron chi connectivity index (χ1n) is 3.33. The van der Waals surface area contributed by atoms with Crippen molar-refractivity contribution >= 4 is 26.3 Å². The van der Waals surface area contributed by atoms with Crippen LogP contribution in [0.15, 0.2) is 28.5 Å². The van der Waals surface area contributed by atoms with Gasteiger partial charge in [-0.2, -0.15) is 10.2 Å². The molecule has 0 saturated carbocycles. The van der Waals surface area contributed by atoms with Crippen LogP contribution >= 0.6 is 21.0 Å². The molecule has 2 rings (SSSR count). The van der Waals surface area contributed by atoms with Crippen LogP contribution in [-0.2, 0) is 0 Å². The van der Waals surface area contributed by atoms with Gasteiger partial charge in [-0.1, -0.05) is 0 Å². The standard InChI is InChI=1S/C6H7N4PS/c11-4-3-8-10-6(4)12-5-1-2-7-9-5/h1-3H,11H2,(H,7,9)(H,8,10). The summed E-state index contributed by atoms with van der Waals surface area (Å²) < 4.78 is 0. The molecule has 0 aliphatic heterocycles. The van der Waals surface area contributed by atoms with E-state index in [1.165, 1.54) is 11.8 Å². The minimum absolute atomic E-state index is 0.922. The number of H-pyrrole nitrogens is 2. The lowest BCUT2D eigenvalue weighted by Crippen LogP contribution is -1.88. The molecule has 2 heterocycles. The number of rotatable bonds is 2. The summed E-state index contributed by atoms with van der Waals surface area (Å²) in [6.45, 7) is 0. The summed E-state index contributed by atoms with van der Waals surface area (Å²) in [7, 11) is 2.61. The fourth-order valence-electron chi connectivity index (χ4n) is 0.771. The van der Waals surface area contributed by atoms with Crippen LogP contribution in [0.25, 0.3) is 0 Å². The van der Waals surface area contributed by atoms with E-state index < -0.39 is 0 Å². The van der Waals surface area contributed by atoms with Gasteiger partial charge in [0.25, 0.3) is 0 Å². The van der Waals surface area contributed by atoms with Crippen LogP contribution in [0.1, 0.15) is 0 Å². The Labute approximate surface area is 75.7 Å². The molecule has 0 aliphatic carbocycles. The van der Waals surface area contributed by atoms with E-state index in [9.17, 15) is 0 Å². The third kappa shape index (κ3) is 1.52. The third-order valence-corrected chi connectivity index (χ3v) is 2.92. The molecule has 0 amide bonds. The van der Waals surface area contributed by atoms with Gasteiger partial charge < -0.3 is 0 Å². The molecule has 2 aromatic heterocycles. The number of hydrogen-bond donors (Lipinski definition) is 2. The normalized spacial score (nSPS) is 10.4. The first-order valence-corrected chi connectivity index (χ1v) is 4.72. The molecule has 6 heteroatoms. The monoisotopic (exact) mass is 198 g/mol. The summed E-state index contributed by atoms with van der Waals surface area (Å²) in [5, 5.41) is 16.5. The molecule has 0 bridgehead atoms. The maximum absolute atomic E-state index is 4.05. The molecule has 0 saturated heterocycles. The number of nitrogens with zero attached hydrogens (tertiary/aromatic N) is 2. The molecule has 0 spiro atoms. The van der Waals surface area contributed by atoms with E-state index in [1.807, 2.05) is 12.3 Å². The van der Waals surface area contributed by atoms with Gasteiger partial charge >= 0.3 is 0 Å². The molecule has 4 nitrogen and oxygen atoms in total. The summed E-state index contributed by atoms with van der Waals surface area (Å²) in [6.07, 6.45) is 3.62. The Bertz CT molecular complexity index is 355. The van der Waals surface area contributed by atoms with Crippen molar-refractivity contribution in [3.05, 3.63) is 18.5 Å². The molecular weight excluding hydrogens is 191 g/mol. The zero-order chi connectivity index (χ0) is 8.39. The van der Waals surface area contributed by atoms with Crippen molar-refractivity contribution in [2.24, 2.45) is 0 Å². The minimum Gasteiger partial charge on any atom is -0.285 e. The Hall–Kier alpha value is -0.800. The molecule has 1 unspecified atom stereocenters. The number of aromatic amines is 2. The van der Waals surface area contributed by atoms with Crippen LogP contribution in [0, 0.1) is 0 Å². The van der Waals surface area contributed by atoms with E-state index in [0.717, 1.165) is 15.4 Å². The van der Waals surface area contributed by atoms with Crippen molar-refractivity contribution < 1.29 is 0 Å². The molecule has 2 N–H and O–H groups in total. The smallest absolute Gasteiger partial charge is 0.131 e. The lowest BCUT2D eigenvalue weighted by Gasteiger charge is -1.91. The fraction of sp³-hybridized carbons (Fsp3) is 0. The van der Waals surface area contributed by atoms with Crippen LogP contribution in [0.3, 0.4) is 0 Å². The van der Waals surface area contributed by atoms with E-state index in [2.05, 4.69) is 29.6 Å². The molecule has 0 aromatic carbocycles. The lowest BCUT2D eigenvalue weighted by molar-refractivity contribution is 0.982. The Morgan fingerprint density at radius 1 is 1.33 bits per heavy atom. The van der Waals surface area contributed by atoms with Gasteiger partial charge in [0.05, 0.1) is 0 Å². The average Bonchev–Trinajstić information content (AvgIpc) is 2.65. The fourth-order valence-corrected chi connectivity index (χ4v) is 1.79. The van der Waals surface area contributed by atoms with Gasteiger partial charge in [0.1, 0.15) is 10.1 Å². The molecular formula is C6H7N4PS. The highest BCUT2D eigenvalue weighted by Crippen LogP contribution is 2.22. The SMILES string of the molecule is Pc1c[nH]nc1Sc1cc[nH]n1. The van der Waals surface area contributed by atoms with Gasteiger partial charge in [-0.05, 0) is 17.8 Å². The second-order valence-electron chi connectivity index (χ2n) is 2.16. The quantitative estimate of drug-likeness (QED) is 0.701. The largest absolute Gasteiger partial charge is 0.285 e. The van der Waals surface area contributed by atoms with Gasteiger partial charge in [-0.3, -0.25) is 10.2 Å². The molecule has 1 atom stereocenters. The predicted molar refractivity (Wildman–Crippen MR) is 50.6 cm³/mol. The number of hydrogen-bond acceptors (Lipinski definition) is 3.